The molecule has 1 aliphatic rings. The van der Waals surface area contributed by atoms with E-state index in [1.54, 1.807) is 16.8 Å². The van der Waals surface area contributed by atoms with Gasteiger partial charge in [0.25, 0.3) is 0 Å². The molecule has 1 heterocycles. The first-order valence-electron chi connectivity index (χ1n) is 8.32. The van der Waals surface area contributed by atoms with E-state index >= 15 is 0 Å². The molecule has 3 rings (SSSR count). The minimum absolute atomic E-state index is 0.0118. The minimum atomic E-state index is -0.298. The van der Waals surface area contributed by atoms with Gasteiger partial charge >= 0.3 is 0 Å². The van der Waals surface area contributed by atoms with Crippen LogP contribution >= 0.6 is 0 Å². The Bertz CT molecular complexity index is 725. The topological polar surface area (TPSA) is 40.6 Å². The number of aryl methyl sites for hydroxylation is 1. The summed E-state index contributed by atoms with van der Waals surface area (Å²) in [5.74, 6) is -0.296. The summed E-state index contributed by atoms with van der Waals surface area (Å²) < 4.78 is 0. The van der Waals surface area contributed by atoms with Crippen LogP contribution in [0, 0.1) is 5.92 Å². The molecule has 1 fully saturated rings. The van der Waals surface area contributed by atoms with Gasteiger partial charge < -0.3 is 9.80 Å². The quantitative estimate of drug-likeness (QED) is 0.867. The van der Waals surface area contributed by atoms with E-state index in [1.165, 1.54) is 5.56 Å². The number of carbonyl (C=O) groups excluding carboxylic acids is 2. The second-order valence-corrected chi connectivity index (χ2v) is 6.16. The van der Waals surface area contributed by atoms with Crippen molar-refractivity contribution in [1.29, 1.82) is 0 Å². The Morgan fingerprint density at radius 2 is 1.79 bits per heavy atom. The number of nitrogens with zero attached hydrogens (tertiary/aromatic N) is 2. The molecule has 0 N–H and O–H groups in total. The van der Waals surface area contributed by atoms with Crippen LogP contribution in [0.5, 0.6) is 0 Å². The van der Waals surface area contributed by atoms with E-state index < -0.39 is 0 Å². The van der Waals surface area contributed by atoms with Crippen molar-refractivity contribution in [3.8, 4) is 0 Å². The number of hydrogen-bond acceptors (Lipinski definition) is 2. The van der Waals surface area contributed by atoms with E-state index in [-0.39, 0.29) is 24.2 Å². The van der Waals surface area contributed by atoms with E-state index in [0.29, 0.717) is 6.54 Å². The molecule has 1 atom stereocenters. The fraction of sp³-hybridized carbons (Fsp3) is 0.300. The first-order chi connectivity index (χ1) is 11.6. The maximum atomic E-state index is 12.7. The predicted octanol–water partition coefficient (Wildman–Crippen LogP) is 3.26. The molecule has 2 aromatic carbocycles. The Morgan fingerprint density at radius 1 is 1.12 bits per heavy atom. The van der Waals surface area contributed by atoms with Gasteiger partial charge in [0.1, 0.15) is 0 Å². The second-order valence-electron chi connectivity index (χ2n) is 6.16. The van der Waals surface area contributed by atoms with Gasteiger partial charge in [-0.25, -0.2) is 0 Å². The fourth-order valence-corrected chi connectivity index (χ4v) is 3.09. The zero-order chi connectivity index (χ0) is 17.1. The summed E-state index contributed by atoms with van der Waals surface area (Å²) >= 11 is 0. The minimum Gasteiger partial charge on any atom is -0.315 e. The van der Waals surface area contributed by atoms with Crippen molar-refractivity contribution in [3.05, 3.63) is 60.2 Å². The Labute approximate surface area is 142 Å². The van der Waals surface area contributed by atoms with Crippen molar-refractivity contribution in [3.63, 3.8) is 0 Å². The summed E-state index contributed by atoms with van der Waals surface area (Å²) in [6.07, 6.45) is 1.24. The van der Waals surface area contributed by atoms with Crippen LogP contribution in [0.1, 0.15) is 18.9 Å². The second kappa shape index (κ2) is 6.87. The van der Waals surface area contributed by atoms with E-state index in [4.69, 9.17) is 0 Å². The molecule has 2 amide bonds. The summed E-state index contributed by atoms with van der Waals surface area (Å²) in [5.41, 5.74) is 2.96. The first kappa shape index (κ1) is 16.2. The third kappa shape index (κ3) is 3.18. The Morgan fingerprint density at radius 3 is 2.42 bits per heavy atom. The lowest BCUT2D eigenvalue weighted by molar-refractivity contribution is -0.124. The molecular weight excluding hydrogens is 300 g/mol. The molecule has 0 unspecified atom stereocenters. The number of benzene rings is 2. The zero-order valence-electron chi connectivity index (χ0n) is 14.1. The van der Waals surface area contributed by atoms with Crippen LogP contribution < -0.4 is 9.80 Å². The van der Waals surface area contributed by atoms with Crippen molar-refractivity contribution in [1.82, 2.24) is 0 Å². The van der Waals surface area contributed by atoms with E-state index in [0.717, 1.165) is 17.8 Å². The van der Waals surface area contributed by atoms with Crippen molar-refractivity contribution in [2.75, 3.05) is 23.4 Å². The van der Waals surface area contributed by atoms with E-state index in [2.05, 4.69) is 6.92 Å². The summed E-state index contributed by atoms with van der Waals surface area (Å²) in [6.45, 7) is 2.55. The summed E-state index contributed by atoms with van der Waals surface area (Å²) in [7, 11) is 1.76. The lowest BCUT2D eigenvalue weighted by atomic mass is 10.1. The molecule has 24 heavy (non-hydrogen) atoms. The monoisotopic (exact) mass is 322 g/mol. The van der Waals surface area contributed by atoms with Gasteiger partial charge in [0.2, 0.25) is 11.8 Å². The molecule has 0 aliphatic carbocycles. The van der Waals surface area contributed by atoms with Gasteiger partial charge in [0, 0.05) is 31.4 Å². The van der Waals surface area contributed by atoms with Gasteiger partial charge in [-0.15, -0.1) is 0 Å². The fourth-order valence-electron chi connectivity index (χ4n) is 3.09. The maximum Gasteiger partial charge on any atom is 0.232 e. The molecule has 0 radical (unpaired) electrons. The molecule has 0 bridgehead atoms. The molecular formula is C20H22N2O2. The molecule has 0 saturated carbocycles. The molecule has 4 heteroatoms. The third-order valence-corrected chi connectivity index (χ3v) is 4.60. The van der Waals surface area contributed by atoms with Gasteiger partial charge in [0.05, 0.1) is 5.92 Å². The van der Waals surface area contributed by atoms with Gasteiger partial charge in [0.15, 0.2) is 0 Å². The highest BCUT2D eigenvalue weighted by atomic mass is 16.2. The molecule has 1 saturated heterocycles. The van der Waals surface area contributed by atoms with E-state index in [9.17, 15) is 9.59 Å². The predicted molar refractivity (Wildman–Crippen MR) is 96.1 cm³/mol. The van der Waals surface area contributed by atoms with Gasteiger partial charge in [-0.2, -0.15) is 0 Å². The summed E-state index contributed by atoms with van der Waals surface area (Å²) in [5, 5.41) is 0. The number of hydrogen-bond donors (Lipinski definition) is 0. The van der Waals surface area contributed by atoms with Crippen molar-refractivity contribution in [2.24, 2.45) is 5.92 Å². The maximum absolute atomic E-state index is 12.7. The number of rotatable bonds is 4. The summed E-state index contributed by atoms with van der Waals surface area (Å²) in [4.78, 5) is 28.4. The van der Waals surface area contributed by atoms with Crippen LogP contribution in [0.4, 0.5) is 11.4 Å². The van der Waals surface area contributed by atoms with Crippen LogP contribution in [0.15, 0.2) is 54.6 Å². The Kier molecular flexibility index (Phi) is 4.65. The number of anilines is 2. The Hall–Kier alpha value is -2.62. The van der Waals surface area contributed by atoms with Gasteiger partial charge in [-0.3, -0.25) is 9.59 Å². The lowest BCUT2D eigenvalue weighted by Gasteiger charge is -2.21. The van der Waals surface area contributed by atoms with Crippen LogP contribution in [0.2, 0.25) is 0 Å². The smallest absolute Gasteiger partial charge is 0.232 e. The van der Waals surface area contributed by atoms with E-state index in [1.807, 2.05) is 54.6 Å². The molecule has 0 spiro atoms. The SMILES string of the molecule is CCc1ccc(N2C[C@@H](C(=O)N(C)c3ccccc3)CC2=O)cc1. The van der Waals surface area contributed by atoms with Crippen molar-refractivity contribution < 1.29 is 9.59 Å². The lowest BCUT2D eigenvalue weighted by Crippen LogP contribution is -2.34. The third-order valence-electron chi connectivity index (χ3n) is 4.60. The largest absolute Gasteiger partial charge is 0.315 e. The Balaban J connectivity index is 1.73. The highest BCUT2D eigenvalue weighted by Crippen LogP contribution is 2.27. The average molecular weight is 322 g/mol. The normalized spacial score (nSPS) is 17.2. The van der Waals surface area contributed by atoms with Gasteiger partial charge in [-0.1, -0.05) is 37.3 Å². The van der Waals surface area contributed by atoms with Crippen LogP contribution in [0.3, 0.4) is 0 Å². The summed E-state index contributed by atoms with van der Waals surface area (Å²) in [6, 6.07) is 17.5. The van der Waals surface area contributed by atoms with Crippen molar-refractivity contribution in [2.45, 2.75) is 19.8 Å². The highest BCUT2D eigenvalue weighted by molar-refractivity contribution is 6.04. The molecule has 0 aromatic heterocycles. The van der Waals surface area contributed by atoms with Crippen LogP contribution in [0.25, 0.3) is 0 Å². The van der Waals surface area contributed by atoms with Crippen LogP contribution in [-0.2, 0) is 16.0 Å². The number of carbonyl (C=O) groups is 2. The molecule has 1 aliphatic heterocycles. The standard InChI is InChI=1S/C20H22N2O2/c1-3-15-9-11-18(12-10-15)22-14-16(13-19(22)23)20(24)21(2)17-7-5-4-6-8-17/h4-12,16H,3,13-14H2,1-2H3/t16-/m0/s1. The number of para-hydroxylation sites is 1. The molecule has 124 valence electrons. The van der Waals surface area contributed by atoms with Crippen LogP contribution in [-0.4, -0.2) is 25.4 Å². The zero-order valence-corrected chi connectivity index (χ0v) is 14.1. The molecule has 4 nitrogen and oxygen atoms in total. The molecule has 2 aromatic rings. The number of amides is 2. The van der Waals surface area contributed by atoms with Gasteiger partial charge in [-0.05, 0) is 36.2 Å². The highest BCUT2D eigenvalue weighted by Gasteiger charge is 2.36. The first-order valence-corrected chi connectivity index (χ1v) is 8.32. The average Bonchev–Trinajstić information content (AvgIpc) is 3.03. The van der Waals surface area contributed by atoms with Crippen molar-refractivity contribution >= 4 is 23.2 Å².